The highest BCUT2D eigenvalue weighted by molar-refractivity contribution is 5.93. The maximum Gasteiger partial charge on any atom is 0.271 e. The summed E-state index contributed by atoms with van der Waals surface area (Å²) in [5.74, 6) is -0.173. The summed E-state index contributed by atoms with van der Waals surface area (Å²) >= 11 is 0. The van der Waals surface area contributed by atoms with Crippen LogP contribution in [0.1, 0.15) is 27.4 Å². The van der Waals surface area contributed by atoms with Gasteiger partial charge in [-0.15, -0.1) is 0 Å². The highest BCUT2D eigenvalue weighted by Gasteiger charge is 2.19. The molecule has 0 fully saturated rings. The van der Waals surface area contributed by atoms with Crippen LogP contribution in [-0.4, -0.2) is 52.3 Å². The molecule has 0 atom stereocenters. The molecule has 34 heavy (non-hydrogen) atoms. The fourth-order valence-corrected chi connectivity index (χ4v) is 4.00. The van der Waals surface area contributed by atoms with E-state index in [-0.39, 0.29) is 18.3 Å². The van der Waals surface area contributed by atoms with Crippen molar-refractivity contribution in [3.05, 3.63) is 71.2 Å². The van der Waals surface area contributed by atoms with Crippen molar-refractivity contribution in [1.29, 1.82) is 0 Å². The molecule has 0 aliphatic rings. The summed E-state index contributed by atoms with van der Waals surface area (Å²) < 4.78 is 23.9. The molecule has 0 spiro atoms. The zero-order valence-corrected chi connectivity index (χ0v) is 19.9. The van der Waals surface area contributed by atoms with Crippen LogP contribution in [0.3, 0.4) is 0 Å². The molecule has 1 amide bonds. The number of aromatic nitrogens is 4. The number of aryl methyl sites for hydroxylation is 1. The van der Waals surface area contributed by atoms with Crippen LogP contribution in [-0.2, 0) is 19.9 Å². The number of hydrogen-bond donors (Lipinski definition) is 2. The summed E-state index contributed by atoms with van der Waals surface area (Å²) in [6, 6.07) is 8.45. The Morgan fingerprint density at radius 1 is 1.18 bits per heavy atom. The van der Waals surface area contributed by atoms with Crippen molar-refractivity contribution in [3.8, 4) is 16.9 Å². The molecule has 178 valence electrons. The van der Waals surface area contributed by atoms with Crippen molar-refractivity contribution >= 4 is 11.6 Å². The molecule has 2 N–H and O–H groups in total. The van der Waals surface area contributed by atoms with Gasteiger partial charge >= 0.3 is 0 Å². The molecule has 0 bridgehead atoms. The number of rotatable bonds is 9. The van der Waals surface area contributed by atoms with Gasteiger partial charge in [0.25, 0.3) is 5.91 Å². The number of nitrogens with zero attached hydrogens (tertiary/aromatic N) is 4. The second-order valence-electron chi connectivity index (χ2n) is 8.10. The number of imidazole rings is 1. The largest absolute Gasteiger partial charge is 0.492 e. The van der Waals surface area contributed by atoms with Crippen molar-refractivity contribution in [2.75, 3.05) is 27.2 Å². The summed E-state index contributed by atoms with van der Waals surface area (Å²) in [5, 5.41) is 10.1. The lowest BCUT2D eigenvalue weighted by atomic mass is 10.1. The molecular weight excluding hydrogens is 435 g/mol. The van der Waals surface area contributed by atoms with Crippen LogP contribution >= 0.6 is 0 Å². The first-order valence-corrected chi connectivity index (χ1v) is 11.2. The van der Waals surface area contributed by atoms with Crippen LogP contribution in [0.25, 0.3) is 16.8 Å². The Morgan fingerprint density at radius 3 is 2.76 bits per heavy atom. The average molecular weight is 465 g/mol. The number of benzene rings is 1. The van der Waals surface area contributed by atoms with E-state index in [4.69, 9.17) is 4.74 Å². The summed E-state index contributed by atoms with van der Waals surface area (Å²) in [4.78, 5) is 16.7. The SMILES string of the molecule is CNCCc1cnc2ccc(-c3ccc(F)cc3OCCc3c(C(=O)NC)nn(C)c3C)cn12. The molecule has 0 saturated carbocycles. The van der Waals surface area contributed by atoms with Gasteiger partial charge in [-0.2, -0.15) is 5.10 Å². The van der Waals surface area contributed by atoms with E-state index in [2.05, 4.69) is 25.1 Å². The molecular formula is C25H29FN6O2. The average Bonchev–Trinajstić information content (AvgIpc) is 3.37. The number of carbonyl (C=O) groups is 1. The quantitative estimate of drug-likeness (QED) is 0.398. The molecule has 1 aromatic carbocycles. The summed E-state index contributed by atoms with van der Waals surface area (Å²) in [5.41, 5.74) is 5.71. The van der Waals surface area contributed by atoms with E-state index in [1.54, 1.807) is 24.8 Å². The molecule has 9 heteroatoms. The predicted octanol–water partition coefficient (Wildman–Crippen LogP) is 2.93. The van der Waals surface area contributed by atoms with Crippen molar-refractivity contribution in [2.24, 2.45) is 7.05 Å². The van der Waals surface area contributed by atoms with Gasteiger partial charge in [-0.25, -0.2) is 9.37 Å². The van der Waals surface area contributed by atoms with Crippen LogP contribution < -0.4 is 15.4 Å². The van der Waals surface area contributed by atoms with Gasteiger partial charge in [-0.3, -0.25) is 9.48 Å². The van der Waals surface area contributed by atoms with E-state index in [1.165, 1.54) is 12.1 Å². The first kappa shape index (κ1) is 23.4. The predicted molar refractivity (Wildman–Crippen MR) is 129 cm³/mol. The Balaban J connectivity index is 1.60. The van der Waals surface area contributed by atoms with Gasteiger partial charge in [0.05, 0.1) is 6.61 Å². The van der Waals surface area contributed by atoms with Gasteiger partial charge in [0.1, 0.15) is 17.2 Å². The number of amides is 1. The minimum absolute atomic E-state index is 0.243. The van der Waals surface area contributed by atoms with Gasteiger partial charge in [0.2, 0.25) is 0 Å². The van der Waals surface area contributed by atoms with Crippen molar-refractivity contribution in [2.45, 2.75) is 19.8 Å². The maximum atomic E-state index is 14.1. The number of fused-ring (bicyclic) bond motifs is 1. The van der Waals surface area contributed by atoms with E-state index in [1.807, 2.05) is 38.5 Å². The second-order valence-corrected chi connectivity index (χ2v) is 8.10. The zero-order chi connectivity index (χ0) is 24.2. The van der Waals surface area contributed by atoms with Gasteiger partial charge in [0.15, 0.2) is 5.69 Å². The zero-order valence-electron chi connectivity index (χ0n) is 19.9. The standard InChI is InChI=1S/C25H29FN6O2/c1-16-20(24(25(33)28-3)30-31(16)4)10-12-34-22-13-18(26)6-7-21(22)17-5-8-23-29-14-19(9-11-27-2)32(23)15-17/h5-8,13-15,27H,9-12H2,1-4H3,(H,28,33). The van der Waals surface area contributed by atoms with E-state index < -0.39 is 0 Å². The monoisotopic (exact) mass is 464 g/mol. The Bertz CT molecular complexity index is 1330. The molecule has 0 saturated heterocycles. The molecule has 3 heterocycles. The maximum absolute atomic E-state index is 14.1. The van der Waals surface area contributed by atoms with E-state index in [0.717, 1.165) is 46.7 Å². The molecule has 0 aliphatic carbocycles. The van der Waals surface area contributed by atoms with Crippen LogP contribution in [0.5, 0.6) is 5.75 Å². The van der Waals surface area contributed by atoms with Crippen LogP contribution in [0.4, 0.5) is 4.39 Å². The number of ether oxygens (including phenoxy) is 1. The molecule has 0 unspecified atom stereocenters. The highest BCUT2D eigenvalue weighted by atomic mass is 19.1. The van der Waals surface area contributed by atoms with Crippen LogP contribution in [0.15, 0.2) is 42.7 Å². The van der Waals surface area contributed by atoms with E-state index in [9.17, 15) is 9.18 Å². The Labute approximate surface area is 197 Å². The molecule has 8 nitrogen and oxygen atoms in total. The van der Waals surface area contributed by atoms with Crippen LogP contribution in [0.2, 0.25) is 0 Å². The lowest BCUT2D eigenvalue weighted by Gasteiger charge is -2.13. The fraction of sp³-hybridized carbons (Fsp3) is 0.320. The first-order valence-electron chi connectivity index (χ1n) is 11.2. The summed E-state index contributed by atoms with van der Waals surface area (Å²) in [6.45, 7) is 3.02. The third-order valence-electron chi connectivity index (χ3n) is 5.98. The van der Waals surface area contributed by atoms with Crippen molar-refractivity contribution in [3.63, 3.8) is 0 Å². The lowest BCUT2D eigenvalue weighted by molar-refractivity contribution is 0.0956. The third-order valence-corrected chi connectivity index (χ3v) is 5.98. The minimum atomic E-state index is -0.374. The number of carbonyl (C=O) groups excluding carboxylic acids is 1. The second kappa shape index (κ2) is 10.0. The number of pyridine rings is 1. The third kappa shape index (κ3) is 4.65. The highest BCUT2D eigenvalue weighted by Crippen LogP contribution is 2.31. The van der Waals surface area contributed by atoms with Crippen molar-refractivity contribution < 1.29 is 13.9 Å². The minimum Gasteiger partial charge on any atom is -0.492 e. The molecule has 0 aliphatic heterocycles. The Morgan fingerprint density at radius 2 is 2.00 bits per heavy atom. The lowest BCUT2D eigenvalue weighted by Crippen LogP contribution is -2.20. The Hall–Kier alpha value is -3.72. The van der Waals surface area contributed by atoms with Gasteiger partial charge in [-0.1, -0.05) is 0 Å². The molecule has 4 rings (SSSR count). The summed E-state index contributed by atoms with van der Waals surface area (Å²) in [6.07, 6.45) is 5.18. The topological polar surface area (TPSA) is 85.5 Å². The Kier molecular flexibility index (Phi) is 6.93. The smallest absolute Gasteiger partial charge is 0.271 e. The molecule has 4 aromatic rings. The number of likely N-dealkylation sites (N-methyl/N-ethyl adjacent to an activating group) is 1. The number of nitrogens with one attached hydrogen (secondary N) is 2. The van der Waals surface area contributed by atoms with Crippen molar-refractivity contribution in [1.82, 2.24) is 29.8 Å². The van der Waals surface area contributed by atoms with Gasteiger partial charge in [0, 0.05) is 80.0 Å². The first-order chi connectivity index (χ1) is 16.4. The summed E-state index contributed by atoms with van der Waals surface area (Å²) in [7, 11) is 5.29. The number of halogens is 1. The van der Waals surface area contributed by atoms with Gasteiger partial charge in [-0.05, 0) is 38.2 Å². The molecule has 3 aromatic heterocycles. The number of hydrogen-bond acceptors (Lipinski definition) is 5. The normalized spacial score (nSPS) is 11.2. The van der Waals surface area contributed by atoms with E-state index in [0.29, 0.717) is 17.9 Å². The van der Waals surface area contributed by atoms with E-state index >= 15 is 0 Å². The van der Waals surface area contributed by atoms with Gasteiger partial charge < -0.3 is 19.8 Å². The molecule has 0 radical (unpaired) electrons. The van der Waals surface area contributed by atoms with Crippen LogP contribution in [0, 0.1) is 12.7 Å². The fourth-order valence-electron chi connectivity index (χ4n) is 4.00.